The van der Waals surface area contributed by atoms with Crippen molar-refractivity contribution in [3.63, 3.8) is 0 Å². The molecule has 0 saturated heterocycles. The minimum atomic E-state index is -1.19. The van der Waals surface area contributed by atoms with Gasteiger partial charge in [0.15, 0.2) is 5.96 Å². The topological polar surface area (TPSA) is 148 Å². The first kappa shape index (κ1) is 20.2. The maximum atomic E-state index is 12.5. The molecule has 28 heavy (non-hydrogen) atoms. The Balaban J connectivity index is 1.55. The number of carbonyl (C=O) groups is 2. The van der Waals surface area contributed by atoms with Crippen molar-refractivity contribution in [3.8, 4) is 5.75 Å². The Hall–Kier alpha value is -2.55. The average Bonchev–Trinajstić information content (AvgIpc) is 2.63. The molecular weight excluding hydrogens is 361 g/mol. The first-order chi connectivity index (χ1) is 13.3. The highest BCUT2D eigenvalue weighted by molar-refractivity contribution is 6.47. The van der Waals surface area contributed by atoms with Gasteiger partial charge in [-0.2, -0.15) is 0 Å². The van der Waals surface area contributed by atoms with Crippen LogP contribution in [0.5, 0.6) is 5.75 Å². The zero-order chi connectivity index (χ0) is 20.3. The van der Waals surface area contributed by atoms with Crippen LogP contribution in [0.15, 0.2) is 23.2 Å². The highest BCUT2D eigenvalue weighted by Crippen LogP contribution is 2.37. The van der Waals surface area contributed by atoms with E-state index in [0.29, 0.717) is 24.3 Å². The van der Waals surface area contributed by atoms with Gasteiger partial charge in [0.25, 0.3) is 0 Å². The smallest absolute Gasteiger partial charge is 0.526 e. The number of benzene rings is 1. The van der Waals surface area contributed by atoms with Crippen LogP contribution < -0.4 is 16.1 Å². The Labute approximate surface area is 164 Å². The number of aromatic carboxylic acids is 1. The van der Waals surface area contributed by atoms with Gasteiger partial charge in [0.05, 0.1) is 11.6 Å². The highest BCUT2D eigenvalue weighted by atomic mass is 16.5. The number of Topliss-reactive ketones (excluding diaryl/α,β-unsaturated/α-hetero) is 1. The summed E-state index contributed by atoms with van der Waals surface area (Å²) in [5.41, 5.74) is 11.6. The third kappa shape index (κ3) is 4.84. The van der Waals surface area contributed by atoms with Crippen LogP contribution in [0.2, 0.25) is 5.82 Å². The van der Waals surface area contributed by atoms with Crippen LogP contribution in [0, 0.1) is 5.92 Å². The minimum Gasteiger partial charge on any atom is -0.535 e. The van der Waals surface area contributed by atoms with E-state index in [2.05, 4.69) is 4.99 Å². The van der Waals surface area contributed by atoms with Gasteiger partial charge in [0.2, 0.25) is 0 Å². The van der Waals surface area contributed by atoms with Crippen LogP contribution in [-0.2, 0) is 11.2 Å². The average molecular weight is 387 g/mol. The lowest BCUT2D eigenvalue weighted by molar-refractivity contribution is -0.120. The molecule has 1 aromatic rings. The molecule has 0 amide bonds. The predicted octanol–water partition coefficient (Wildman–Crippen LogP) is 1.35. The fourth-order valence-corrected chi connectivity index (χ4v) is 4.21. The van der Waals surface area contributed by atoms with Crippen molar-refractivity contribution >= 4 is 24.8 Å². The fraction of sp³-hybridized carbons (Fsp3) is 0.526. The van der Waals surface area contributed by atoms with Crippen molar-refractivity contribution in [1.82, 2.24) is 0 Å². The quantitative estimate of drug-likeness (QED) is 0.327. The van der Waals surface area contributed by atoms with Gasteiger partial charge in [0.1, 0.15) is 11.5 Å². The molecule has 8 nitrogen and oxygen atoms in total. The number of aliphatic imine (C=N–C) groups is 1. The molecule has 1 aliphatic carbocycles. The summed E-state index contributed by atoms with van der Waals surface area (Å²) in [5, 5.41) is 19.5. The monoisotopic (exact) mass is 387 g/mol. The van der Waals surface area contributed by atoms with Gasteiger partial charge < -0.3 is 26.3 Å². The zero-order valence-corrected chi connectivity index (χ0v) is 15.7. The van der Waals surface area contributed by atoms with Crippen molar-refractivity contribution in [2.24, 2.45) is 22.4 Å². The van der Waals surface area contributed by atoms with Crippen molar-refractivity contribution < 1.29 is 24.4 Å². The molecule has 1 aromatic carbocycles. The fourth-order valence-electron chi connectivity index (χ4n) is 4.21. The van der Waals surface area contributed by atoms with Gasteiger partial charge in [-0.25, -0.2) is 4.79 Å². The maximum absolute atomic E-state index is 12.5. The summed E-state index contributed by atoms with van der Waals surface area (Å²) in [4.78, 5) is 28.0. The Morgan fingerprint density at radius 2 is 1.89 bits per heavy atom. The molecule has 1 atom stereocenters. The van der Waals surface area contributed by atoms with E-state index in [1.165, 1.54) is 6.07 Å². The number of carboxylic acid groups (broad SMARTS) is 1. The van der Waals surface area contributed by atoms with Gasteiger partial charge in [0, 0.05) is 18.7 Å². The third-order valence-electron chi connectivity index (χ3n) is 5.61. The van der Waals surface area contributed by atoms with E-state index in [9.17, 15) is 19.7 Å². The van der Waals surface area contributed by atoms with Crippen LogP contribution >= 0.6 is 0 Å². The summed E-state index contributed by atoms with van der Waals surface area (Å²) in [7, 11) is -1.19. The molecule has 6 N–H and O–H groups in total. The number of carbonyl (C=O) groups excluding carboxylic acids is 1. The number of nitrogens with zero attached hydrogens (tertiary/aromatic N) is 1. The first-order valence-electron chi connectivity index (χ1n) is 9.63. The summed E-state index contributed by atoms with van der Waals surface area (Å²) in [5.74, 6) is -0.764. The molecule has 0 unspecified atom stereocenters. The molecule has 0 spiro atoms. The SMILES string of the molecule is NC(N)=NC1CCC(CC(=O)C[C@H]2Cc3cccc(C(=O)O)c3OB2O)CC1. The molecule has 2 aliphatic rings. The van der Waals surface area contributed by atoms with E-state index < -0.39 is 13.1 Å². The van der Waals surface area contributed by atoms with Gasteiger partial charge in [-0.05, 0) is 49.7 Å². The van der Waals surface area contributed by atoms with Crippen molar-refractivity contribution in [2.75, 3.05) is 0 Å². The summed E-state index contributed by atoms with van der Waals surface area (Å²) in [6, 6.07) is 5.01. The number of hydrogen-bond donors (Lipinski definition) is 4. The number of carboxylic acids is 1. The first-order valence-corrected chi connectivity index (χ1v) is 9.63. The van der Waals surface area contributed by atoms with Crippen LogP contribution in [-0.4, -0.2) is 41.0 Å². The van der Waals surface area contributed by atoms with Crippen molar-refractivity contribution in [1.29, 1.82) is 0 Å². The number of rotatable bonds is 6. The van der Waals surface area contributed by atoms with E-state index in [4.69, 9.17) is 16.1 Å². The molecule has 1 heterocycles. The van der Waals surface area contributed by atoms with Crippen molar-refractivity contribution in [2.45, 2.75) is 56.8 Å². The van der Waals surface area contributed by atoms with Gasteiger partial charge in [-0.15, -0.1) is 0 Å². The van der Waals surface area contributed by atoms with Crippen LogP contribution in [0.1, 0.15) is 54.4 Å². The summed E-state index contributed by atoms with van der Waals surface area (Å²) in [6.07, 6.45) is 4.65. The highest BCUT2D eigenvalue weighted by Gasteiger charge is 2.38. The molecular formula is C19H26BN3O5. The molecule has 0 bridgehead atoms. The van der Waals surface area contributed by atoms with Crippen molar-refractivity contribution in [3.05, 3.63) is 29.3 Å². The number of guanidine groups is 1. The van der Waals surface area contributed by atoms with Crippen LogP contribution in [0.3, 0.4) is 0 Å². The number of fused-ring (bicyclic) bond motifs is 1. The maximum Gasteiger partial charge on any atom is 0.526 e. The van der Waals surface area contributed by atoms with E-state index in [1.54, 1.807) is 12.1 Å². The standard InChI is InChI=1S/C19H26BN3O5/c21-19(22)23-14-6-4-11(5-7-14)8-15(24)10-13-9-12-2-1-3-16(18(25)26)17(12)28-20(13)27/h1-3,11,13-14,27H,4-10H2,(H,25,26)(H4,21,22,23)/t11?,13-,14?/m1/s1. The number of ketones is 1. The second kappa shape index (κ2) is 8.64. The van der Waals surface area contributed by atoms with Gasteiger partial charge in [-0.1, -0.05) is 12.1 Å². The Kier molecular flexibility index (Phi) is 6.23. The second-order valence-corrected chi connectivity index (χ2v) is 7.75. The van der Waals surface area contributed by atoms with E-state index in [0.717, 1.165) is 25.7 Å². The second-order valence-electron chi connectivity index (χ2n) is 7.75. The lowest BCUT2D eigenvalue weighted by Gasteiger charge is -2.29. The minimum absolute atomic E-state index is 0.0267. The molecule has 1 saturated carbocycles. The lowest BCUT2D eigenvalue weighted by atomic mass is 9.64. The van der Waals surface area contributed by atoms with E-state index in [1.807, 2.05) is 0 Å². The number of para-hydroxylation sites is 1. The van der Waals surface area contributed by atoms with Gasteiger partial charge >= 0.3 is 13.1 Å². The molecule has 150 valence electrons. The Bertz CT molecular complexity index is 773. The summed E-state index contributed by atoms with van der Waals surface area (Å²) < 4.78 is 5.46. The molecule has 1 fully saturated rings. The lowest BCUT2D eigenvalue weighted by Crippen LogP contribution is -2.36. The predicted molar refractivity (Wildman–Crippen MR) is 105 cm³/mol. The third-order valence-corrected chi connectivity index (χ3v) is 5.61. The summed E-state index contributed by atoms with van der Waals surface area (Å²) >= 11 is 0. The largest absolute Gasteiger partial charge is 0.535 e. The van der Waals surface area contributed by atoms with Gasteiger partial charge in [-0.3, -0.25) is 9.79 Å². The summed E-state index contributed by atoms with van der Waals surface area (Å²) in [6.45, 7) is 0. The Morgan fingerprint density at radius 1 is 1.18 bits per heavy atom. The Morgan fingerprint density at radius 3 is 2.54 bits per heavy atom. The molecule has 1 aliphatic heterocycles. The zero-order valence-electron chi connectivity index (χ0n) is 15.7. The normalized spacial score (nSPS) is 24.0. The van der Waals surface area contributed by atoms with E-state index >= 15 is 0 Å². The molecule has 0 aromatic heterocycles. The van der Waals surface area contributed by atoms with E-state index in [-0.39, 0.29) is 41.3 Å². The van der Waals surface area contributed by atoms with Crippen LogP contribution in [0.25, 0.3) is 0 Å². The van der Waals surface area contributed by atoms with Crippen LogP contribution in [0.4, 0.5) is 0 Å². The number of hydrogen-bond acceptors (Lipinski definition) is 5. The molecule has 0 radical (unpaired) electrons. The molecule has 9 heteroatoms. The molecule has 3 rings (SSSR count). The number of nitrogens with two attached hydrogens (primary N) is 2.